The monoisotopic (exact) mass is 293 g/mol. The molecule has 0 fully saturated rings. The van der Waals surface area contributed by atoms with E-state index in [9.17, 15) is 13.2 Å². The second-order valence-electron chi connectivity index (χ2n) is 4.53. The van der Waals surface area contributed by atoms with Gasteiger partial charge in [-0.1, -0.05) is 12.1 Å². The maximum Gasteiger partial charge on any atom is 0.259 e. The van der Waals surface area contributed by atoms with Gasteiger partial charge in [0.15, 0.2) is 9.84 Å². The number of carbonyl (C=O) groups excluding carboxylic acids is 1. The van der Waals surface area contributed by atoms with E-state index in [1.54, 1.807) is 32.0 Å². The lowest BCUT2D eigenvalue weighted by molar-refractivity contribution is 0.102. The quantitative estimate of drug-likeness (QED) is 0.900. The van der Waals surface area contributed by atoms with Crippen LogP contribution in [0.5, 0.6) is 0 Å². The number of nitrogens with one attached hydrogen (secondary N) is 2. The molecule has 2 N–H and O–H groups in total. The number of aryl methyl sites for hydroxylation is 2. The van der Waals surface area contributed by atoms with E-state index in [1.807, 2.05) is 0 Å². The van der Waals surface area contributed by atoms with Crippen molar-refractivity contribution in [3.05, 3.63) is 41.2 Å². The molecule has 1 aromatic heterocycles. The first-order valence-electron chi connectivity index (χ1n) is 5.92. The Hall–Kier alpha value is -2.15. The topological polar surface area (TPSA) is 91.9 Å². The third kappa shape index (κ3) is 2.72. The fourth-order valence-corrected chi connectivity index (χ4v) is 2.81. The van der Waals surface area contributed by atoms with E-state index in [-0.39, 0.29) is 16.5 Å². The third-order valence-corrected chi connectivity index (χ3v) is 4.04. The fourth-order valence-electron chi connectivity index (χ4n) is 1.96. The summed E-state index contributed by atoms with van der Waals surface area (Å²) in [5, 5.41) is 9.29. The number of aromatic nitrogens is 2. The van der Waals surface area contributed by atoms with Gasteiger partial charge in [-0.05, 0) is 26.0 Å². The summed E-state index contributed by atoms with van der Waals surface area (Å²) in [4.78, 5) is 12.3. The van der Waals surface area contributed by atoms with Gasteiger partial charge in [0.2, 0.25) is 0 Å². The predicted octanol–water partition coefficient (Wildman–Crippen LogP) is 1.68. The highest BCUT2D eigenvalue weighted by Gasteiger charge is 2.19. The SMILES string of the molecule is Cc1n[nH]c(C)c1C(=O)Nc1ccccc1S(C)(=O)=O. The van der Waals surface area contributed by atoms with Gasteiger partial charge in [-0.3, -0.25) is 9.89 Å². The highest BCUT2D eigenvalue weighted by molar-refractivity contribution is 7.90. The Morgan fingerprint density at radius 1 is 1.25 bits per heavy atom. The number of nitrogens with zero attached hydrogens (tertiary/aromatic N) is 1. The Bertz CT molecular complexity index is 743. The first kappa shape index (κ1) is 14.3. The molecule has 1 heterocycles. The van der Waals surface area contributed by atoms with Crippen molar-refractivity contribution >= 4 is 21.4 Å². The molecule has 0 aliphatic rings. The van der Waals surface area contributed by atoms with Gasteiger partial charge in [-0.2, -0.15) is 5.10 Å². The van der Waals surface area contributed by atoms with Gasteiger partial charge in [-0.25, -0.2) is 8.42 Å². The standard InChI is InChI=1S/C13H15N3O3S/c1-8-12(9(2)16-15-8)13(17)14-10-6-4-5-7-11(10)20(3,18)19/h4-7H,1-3H3,(H,14,17)(H,15,16). The molecule has 0 unspecified atom stereocenters. The van der Waals surface area contributed by atoms with E-state index in [2.05, 4.69) is 15.5 Å². The molecule has 2 rings (SSSR count). The minimum Gasteiger partial charge on any atom is -0.321 e. The predicted molar refractivity (Wildman–Crippen MR) is 75.6 cm³/mol. The molecule has 106 valence electrons. The van der Waals surface area contributed by atoms with Crippen LogP contribution in [0.15, 0.2) is 29.2 Å². The van der Waals surface area contributed by atoms with Crippen LogP contribution in [-0.2, 0) is 9.84 Å². The molecular formula is C13H15N3O3S. The zero-order valence-electron chi connectivity index (χ0n) is 11.4. The highest BCUT2D eigenvalue weighted by atomic mass is 32.2. The van der Waals surface area contributed by atoms with Crippen LogP contribution in [0.3, 0.4) is 0 Å². The molecule has 0 atom stereocenters. The van der Waals surface area contributed by atoms with E-state index in [4.69, 9.17) is 0 Å². The fraction of sp³-hybridized carbons (Fsp3) is 0.231. The molecule has 2 aromatic rings. The number of aromatic amines is 1. The van der Waals surface area contributed by atoms with Crippen molar-refractivity contribution in [2.45, 2.75) is 18.7 Å². The van der Waals surface area contributed by atoms with E-state index in [0.717, 1.165) is 6.26 Å². The van der Waals surface area contributed by atoms with Gasteiger partial charge in [0.25, 0.3) is 5.91 Å². The second-order valence-corrected chi connectivity index (χ2v) is 6.52. The normalized spacial score (nSPS) is 11.3. The van der Waals surface area contributed by atoms with Crippen molar-refractivity contribution in [1.82, 2.24) is 10.2 Å². The molecule has 0 spiro atoms. The Balaban J connectivity index is 2.39. The molecular weight excluding hydrogens is 278 g/mol. The van der Waals surface area contributed by atoms with Gasteiger partial charge in [0.1, 0.15) is 0 Å². The Morgan fingerprint density at radius 3 is 2.45 bits per heavy atom. The first-order chi connectivity index (χ1) is 9.30. The Labute approximate surface area is 117 Å². The molecule has 0 radical (unpaired) electrons. The zero-order chi connectivity index (χ0) is 14.9. The third-order valence-electron chi connectivity index (χ3n) is 2.89. The Morgan fingerprint density at radius 2 is 1.90 bits per heavy atom. The summed E-state index contributed by atoms with van der Waals surface area (Å²) in [6.07, 6.45) is 1.10. The van der Waals surface area contributed by atoms with Crippen molar-refractivity contribution in [2.24, 2.45) is 0 Å². The number of carbonyl (C=O) groups is 1. The summed E-state index contributed by atoms with van der Waals surface area (Å²) in [5.74, 6) is -0.384. The number of para-hydroxylation sites is 1. The summed E-state index contributed by atoms with van der Waals surface area (Å²) in [5.41, 5.74) is 1.89. The molecule has 0 aliphatic heterocycles. The largest absolute Gasteiger partial charge is 0.321 e. The lowest BCUT2D eigenvalue weighted by atomic mass is 10.2. The molecule has 6 nitrogen and oxygen atoms in total. The van der Waals surface area contributed by atoms with Gasteiger partial charge in [0.05, 0.1) is 21.8 Å². The van der Waals surface area contributed by atoms with Gasteiger partial charge >= 0.3 is 0 Å². The lowest BCUT2D eigenvalue weighted by Gasteiger charge is -2.09. The minimum absolute atomic E-state index is 0.0900. The second kappa shape index (κ2) is 5.09. The Kier molecular flexibility index (Phi) is 3.63. The van der Waals surface area contributed by atoms with Crippen molar-refractivity contribution in [3.63, 3.8) is 0 Å². The summed E-state index contributed by atoms with van der Waals surface area (Å²) in [6, 6.07) is 6.29. The number of hydrogen-bond acceptors (Lipinski definition) is 4. The number of rotatable bonds is 3. The van der Waals surface area contributed by atoms with E-state index >= 15 is 0 Å². The molecule has 0 bridgehead atoms. The van der Waals surface area contributed by atoms with Gasteiger partial charge < -0.3 is 5.32 Å². The molecule has 0 saturated carbocycles. The van der Waals surface area contributed by atoms with Crippen LogP contribution in [0.25, 0.3) is 0 Å². The number of amides is 1. The average molecular weight is 293 g/mol. The summed E-state index contributed by atoms with van der Waals surface area (Å²) >= 11 is 0. The van der Waals surface area contributed by atoms with Gasteiger partial charge in [0, 0.05) is 11.9 Å². The van der Waals surface area contributed by atoms with E-state index < -0.39 is 9.84 Å². The van der Waals surface area contributed by atoms with Crippen LogP contribution >= 0.6 is 0 Å². The highest BCUT2D eigenvalue weighted by Crippen LogP contribution is 2.22. The van der Waals surface area contributed by atoms with Crippen LogP contribution < -0.4 is 5.32 Å². The lowest BCUT2D eigenvalue weighted by Crippen LogP contribution is -2.16. The maximum atomic E-state index is 12.2. The molecule has 0 aliphatic carbocycles. The smallest absolute Gasteiger partial charge is 0.259 e. The number of H-pyrrole nitrogens is 1. The summed E-state index contributed by atoms with van der Waals surface area (Å²) < 4.78 is 23.4. The van der Waals surface area contributed by atoms with Crippen molar-refractivity contribution in [2.75, 3.05) is 11.6 Å². The summed E-state index contributed by atoms with van der Waals surface area (Å²) in [7, 11) is -3.41. The van der Waals surface area contributed by atoms with Crippen LogP contribution in [0, 0.1) is 13.8 Å². The number of hydrogen-bond donors (Lipinski definition) is 2. The maximum absolute atomic E-state index is 12.2. The van der Waals surface area contributed by atoms with Crippen LogP contribution in [0.1, 0.15) is 21.7 Å². The van der Waals surface area contributed by atoms with Crippen LogP contribution in [-0.4, -0.2) is 30.8 Å². The van der Waals surface area contributed by atoms with E-state index in [0.29, 0.717) is 17.0 Å². The van der Waals surface area contributed by atoms with Crippen LogP contribution in [0.4, 0.5) is 5.69 Å². The number of sulfone groups is 1. The number of anilines is 1. The zero-order valence-corrected chi connectivity index (χ0v) is 12.2. The molecule has 1 amide bonds. The molecule has 7 heteroatoms. The van der Waals surface area contributed by atoms with E-state index in [1.165, 1.54) is 6.07 Å². The van der Waals surface area contributed by atoms with Gasteiger partial charge in [-0.15, -0.1) is 0 Å². The van der Waals surface area contributed by atoms with Crippen molar-refractivity contribution in [1.29, 1.82) is 0 Å². The number of benzene rings is 1. The first-order valence-corrected chi connectivity index (χ1v) is 7.82. The van der Waals surface area contributed by atoms with Crippen molar-refractivity contribution in [3.8, 4) is 0 Å². The average Bonchev–Trinajstić information content (AvgIpc) is 2.68. The molecule has 0 saturated heterocycles. The minimum atomic E-state index is -3.41. The molecule has 1 aromatic carbocycles. The van der Waals surface area contributed by atoms with Crippen LogP contribution in [0.2, 0.25) is 0 Å². The molecule has 20 heavy (non-hydrogen) atoms. The summed E-state index contributed by atoms with van der Waals surface area (Å²) in [6.45, 7) is 3.44. The van der Waals surface area contributed by atoms with Crippen molar-refractivity contribution < 1.29 is 13.2 Å².